The van der Waals surface area contributed by atoms with E-state index in [-0.39, 0.29) is 11.8 Å². The van der Waals surface area contributed by atoms with Crippen molar-refractivity contribution < 1.29 is 14.3 Å². The lowest BCUT2D eigenvalue weighted by atomic mass is 10.2. The van der Waals surface area contributed by atoms with Gasteiger partial charge >= 0.3 is 0 Å². The average molecular weight is 332 g/mol. The molecule has 23 heavy (non-hydrogen) atoms. The van der Waals surface area contributed by atoms with Crippen LogP contribution in [0.3, 0.4) is 0 Å². The van der Waals surface area contributed by atoms with Crippen LogP contribution >= 0.6 is 11.3 Å². The van der Waals surface area contributed by atoms with E-state index in [9.17, 15) is 9.59 Å². The first-order valence-corrected chi connectivity index (χ1v) is 8.12. The summed E-state index contributed by atoms with van der Waals surface area (Å²) in [6.45, 7) is 5.50. The van der Waals surface area contributed by atoms with Crippen molar-refractivity contribution in [2.75, 3.05) is 17.7 Å². The number of carbonyl (C=O) groups excluding carboxylic acids is 2. The minimum atomic E-state index is -0.201. The third kappa shape index (κ3) is 4.10. The normalized spacial score (nSPS) is 10.3. The summed E-state index contributed by atoms with van der Waals surface area (Å²) < 4.78 is 5.20. The van der Waals surface area contributed by atoms with Gasteiger partial charge in [0, 0.05) is 17.5 Å². The first-order valence-electron chi connectivity index (χ1n) is 7.30. The number of carbonyl (C=O) groups is 2. The van der Waals surface area contributed by atoms with Gasteiger partial charge in [0.2, 0.25) is 5.91 Å². The van der Waals surface area contributed by atoms with Crippen LogP contribution in [0.4, 0.5) is 11.4 Å². The Hall–Kier alpha value is -2.34. The monoisotopic (exact) mass is 332 g/mol. The third-order valence-corrected chi connectivity index (χ3v) is 4.71. The molecule has 0 spiro atoms. The molecule has 5 nitrogen and oxygen atoms in total. The van der Waals surface area contributed by atoms with Gasteiger partial charge in [-0.05, 0) is 43.2 Å². The lowest BCUT2D eigenvalue weighted by Gasteiger charge is -2.11. The third-order valence-electron chi connectivity index (χ3n) is 3.33. The maximum Gasteiger partial charge on any atom is 0.265 e. The topological polar surface area (TPSA) is 67.4 Å². The Morgan fingerprint density at radius 1 is 1.22 bits per heavy atom. The zero-order chi connectivity index (χ0) is 17.0. The quantitative estimate of drug-likeness (QED) is 0.874. The standard InChI is InChI=1S/C17H20N2O3S/c1-5-15-10(2)8-16(23-15)17(21)19-12-6-7-14(22-4)13(9-12)18-11(3)20/h6-9H,5H2,1-4H3,(H,18,20)(H,19,21). The van der Waals surface area contributed by atoms with Gasteiger partial charge in [-0.1, -0.05) is 6.92 Å². The van der Waals surface area contributed by atoms with E-state index in [0.717, 1.165) is 12.0 Å². The van der Waals surface area contributed by atoms with Gasteiger partial charge in [-0.3, -0.25) is 9.59 Å². The zero-order valence-electron chi connectivity index (χ0n) is 13.6. The van der Waals surface area contributed by atoms with Crippen molar-refractivity contribution in [2.24, 2.45) is 0 Å². The zero-order valence-corrected chi connectivity index (χ0v) is 14.5. The van der Waals surface area contributed by atoms with E-state index in [4.69, 9.17) is 4.74 Å². The summed E-state index contributed by atoms with van der Waals surface area (Å²) >= 11 is 1.50. The molecular formula is C17H20N2O3S. The van der Waals surface area contributed by atoms with E-state index >= 15 is 0 Å². The number of amides is 2. The number of nitrogens with one attached hydrogen (secondary N) is 2. The molecule has 0 fully saturated rings. The Kier molecular flexibility index (Phi) is 5.39. The van der Waals surface area contributed by atoms with Crippen LogP contribution in [0.5, 0.6) is 5.75 Å². The Labute approximate surface area is 139 Å². The average Bonchev–Trinajstić information content (AvgIpc) is 2.88. The van der Waals surface area contributed by atoms with E-state index in [1.807, 2.05) is 13.0 Å². The second-order valence-corrected chi connectivity index (χ2v) is 6.26. The molecule has 0 atom stereocenters. The summed E-state index contributed by atoms with van der Waals surface area (Å²) in [6, 6.07) is 7.03. The van der Waals surface area contributed by atoms with Crippen molar-refractivity contribution in [1.29, 1.82) is 0 Å². The summed E-state index contributed by atoms with van der Waals surface area (Å²) in [7, 11) is 1.53. The highest BCUT2D eigenvalue weighted by atomic mass is 32.1. The maximum atomic E-state index is 12.4. The predicted molar refractivity (Wildman–Crippen MR) is 93.7 cm³/mol. The Balaban J connectivity index is 2.21. The highest BCUT2D eigenvalue weighted by Crippen LogP contribution is 2.29. The number of benzene rings is 1. The maximum absolute atomic E-state index is 12.4. The Morgan fingerprint density at radius 2 is 1.96 bits per heavy atom. The number of rotatable bonds is 5. The SMILES string of the molecule is CCc1sc(C(=O)Nc2ccc(OC)c(NC(C)=O)c2)cc1C. The van der Waals surface area contributed by atoms with E-state index in [1.165, 1.54) is 30.2 Å². The number of aryl methyl sites for hydroxylation is 2. The lowest BCUT2D eigenvalue weighted by Crippen LogP contribution is -2.12. The van der Waals surface area contributed by atoms with Crippen LogP contribution < -0.4 is 15.4 Å². The van der Waals surface area contributed by atoms with Crippen molar-refractivity contribution in [1.82, 2.24) is 0 Å². The largest absolute Gasteiger partial charge is 0.495 e. The van der Waals surface area contributed by atoms with Gasteiger partial charge in [0.1, 0.15) is 5.75 Å². The van der Waals surface area contributed by atoms with E-state index in [0.29, 0.717) is 22.0 Å². The molecule has 2 N–H and O–H groups in total. The number of anilines is 2. The number of hydrogen-bond acceptors (Lipinski definition) is 4. The highest BCUT2D eigenvalue weighted by Gasteiger charge is 2.13. The number of thiophene rings is 1. The summed E-state index contributed by atoms with van der Waals surface area (Å²) in [5.74, 6) is 0.184. The van der Waals surface area contributed by atoms with Gasteiger partial charge < -0.3 is 15.4 Å². The summed E-state index contributed by atoms with van der Waals surface area (Å²) in [5.41, 5.74) is 2.26. The van der Waals surface area contributed by atoms with Gasteiger partial charge in [-0.15, -0.1) is 11.3 Å². The molecule has 6 heteroatoms. The first-order chi connectivity index (χ1) is 10.9. The van der Waals surface area contributed by atoms with Crippen molar-refractivity contribution in [3.8, 4) is 5.75 Å². The fraction of sp³-hybridized carbons (Fsp3) is 0.294. The summed E-state index contributed by atoms with van der Waals surface area (Å²) in [6.07, 6.45) is 0.916. The van der Waals surface area contributed by atoms with Gasteiger partial charge in [0.05, 0.1) is 17.7 Å². The van der Waals surface area contributed by atoms with Crippen LogP contribution in [-0.4, -0.2) is 18.9 Å². The van der Waals surface area contributed by atoms with Crippen molar-refractivity contribution >= 4 is 34.5 Å². The van der Waals surface area contributed by atoms with Crippen molar-refractivity contribution in [3.05, 3.63) is 39.6 Å². The smallest absolute Gasteiger partial charge is 0.265 e. The summed E-state index contributed by atoms with van der Waals surface area (Å²) in [4.78, 5) is 25.5. The first kappa shape index (κ1) is 17.0. The van der Waals surface area contributed by atoms with E-state index in [2.05, 4.69) is 17.6 Å². The number of hydrogen-bond donors (Lipinski definition) is 2. The van der Waals surface area contributed by atoms with Gasteiger partial charge in [-0.25, -0.2) is 0 Å². The predicted octanol–water partition coefficient (Wildman–Crippen LogP) is 3.84. The second kappa shape index (κ2) is 7.28. The van der Waals surface area contributed by atoms with Crippen LogP contribution in [0.2, 0.25) is 0 Å². The molecule has 0 saturated carbocycles. The Morgan fingerprint density at radius 3 is 2.52 bits per heavy atom. The Bertz CT molecular complexity index is 737. The van der Waals surface area contributed by atoms with Crippen LogP contribution in [0, 0.1) is 6.92 Å². The minimum Gasteiger partial charge on any atom is -0.495 e. The fourth-order valence-electron chi connectivity index (χ4n) is 2.25. The van der Waals surface area contributed by atoms with Crippen molar-refractivity contribution in [2.45, 2.75) is 27.2 Å². The number of methoxy groups -OCH3 is 1. The van der Waals surface area contributed by atoms with E-state index < -0.39 is 0 Å². The molecule has 0 saturated heterocycles. The van der Waals surface area contributed by atoms with Gasteiger partial charge in [-0.2, -0.15) is 0 Å². The molecule has 0 aliphatic rings. The fourth-order valence-corrected chi connectivity index (χ4v) is 3.26. The molecule has 0 aliphatic heterocycles. The molecular weight excluding hydrogens is 312 g/mol. The van der Waals surface area contributed by atoms with Crippen molar-refractivity contribution in [3.63, 3.8) is 0 Å². The van der Waals surface area contributed by atoms with Crippen LogP contribution in [-0.2, 0) is 11.2 Å². The lowest BCUT2D eigenvalue weighted by molar-refractivity contribution is -0.114. The molecule has 1 aromatic carbocycles. The molecule has 0 unspecified atom stereocenters. The minimum absolute atomic E-state index is 0.156. The second-order valence-electron chi connectivity index (χ2n) is 5.12. The van der Waals surface area contributed by atoms with E-state index in [1.54, 1.807) is 18.2 Å². The van der Waals surface area contributed by atoms with Gasteiger partial charge in [0.15, 0.2) is 0 Å². The molecule has 122 valence electrons. The molecule has 2 amide bonds. The molecule has 1 heterocycles. The molecule has 2 aromatic rings. The molecule has 0 bridgehead atoms. The molecule has 2 rings (SSSR count). The molecule has 0 aliphatic carbocycles. The molecule has 0 radical (unpaired) electrons. The van der Waals surface area contributed by atoms with Crippen LogP contribution in [0.15, 0.2) is 24.3 Å². The highest BCUT2D eigenvalue weighted by molar-refractivity contribution is 7.14. The van der Waals surface area contributed by atoms with Crippen LogP contribution in [0.1, 0.15) is 34.0 Å². The van der Waals surface area contributed by atoms with Crippen LogP contribution in [0.25, 0.3) is 0 Å². The molecule has 1 aromatic heterocycles. The summed E-state index contributed by atoms with van der Waals surface area (Å²) in [5, 5.41) is 5.54. The number of ether oxygens (including phenoxy) is 1. The van der Waals surface area contributed by atoms with Gasteiger partial charge in [0.25, 0.3) is 5.91 Å².